The fourth-order valence-electron chi connectivity index (χ4n) is 5.80. The zero-order valence-corrected chi connectivity index (χ0v) is 20.4. The molecule has 0 radical (unpaired) electrons. The molecule has 5 heteroatoms. The molecule has 3 N–H and O–H groups in total. The summed E-state index contributed by atoms with van der Waals surface area (Å²) in [7, 11) is 0. The lowest BCUT2D eigenvalue weighted by Gasteiger charge is -2.19. The fraction of sp³-hybridized carbons (Fsp3) is 0.323. The summed E-state index contributed by atoms with van der Waals surface area (Å²) in [6.07, 6.45) is 6.34. The number of aliphatic hydroxyl groups excluding tert-OH is 1. The standard InChI is InChI=1S/C31H32N2O3/c34-28(18-32-25-16-23-14-21-8-4-5-9-22(21)15-24(23)17-25)26-10-12-29(31-27(26)11-13-30(35)33-31)36-19-20-6-2-1-3-7-20/h1-3,6-7,10-15,25,28,32,34H,4-5,8-9,16-19H2,(H,33,35)/t28-/m1/s1. The van der Waals surface area contributed by atoms with Crippen LogP contribution in [-0.2, 0) is 32.3 Å². The lowest BCUT2D eigenvalue weighted by molar-refractivity contribution is 0.171. The van der Waals surface area contributed by atoms with Gasteiger partial charge in [-0.3, -0.25) is 4.79 Å². The van der Waals surface area contributed by atoms with E-state index in [2.05, 4.69) is 22.4 Å². The number of aromatic amines is 1. The van der Waals surface area contributed by atoms with Crippen LogP contribution in [0.1, 0.15) is 52.3 Å². The van der Waals surface area contributed by atoms with Crippen molar-refractivity contribution >= 4 is 10.9 Å². The van der Waals surface area contributed by atoms with E-state index in [0.717, 1.165) is 29.4 Å². The Morgan fingerprint density at radius 3 is 2.36 bits per heavy atom. The van der Waals surface area contributed by atoms with E-state index in [1.807, 2.05) is 42.5 Å². The topological polar surface area (TPSA) is 74.3 Å². The van der Waals surface area contributed by atoms with Gasteiger partial charge in [0.15, 0.2) is 0 Å². The number of fused-ring (bicyclic) bond motifs is 3. The quantitative estimate of drug-likeness (QED) is 0.356. The third-order valence-electron chi connectivity index (χ3n) is 7.68. The maximum Gasteiger partial charge on any atom is 0.248 e. The number of benzene rings is 3. The van der Waals surface area contributed by atoms with Gasteiger partial charge in [-0.05, 0) is 84.0 Å². The third kappa shape index (κ3) is 4.69. The molecular formula is C31H32N2O3. The van der Waals surface area contributed by atoms with Gasteiger partial charge in [0.05, 0.1) is 11.6 Å². The number of nitrogens with one attached hydrogen (secondary N) is 2. The van der Waals surface area contributed by atoms with Crippen molar-refractivity contribution in [3.8, 4) is 5.75 Å². The van der Waals surface area contributed by atoms with E-state index < -0.39 is 6.10 Å². The first kappa shape index (κ1) is 23.0. The van der Waals surface area contributed by atoms with Gasteiger partial charge in [0, 0.05) is 24.0 Å². The lowest BCUT2D eigenvalue weighted by Crippen LogP contribution is -2.33. The first-order valence-corrected chi connectivity index (χ1v) is 13.0. The molecule has 0 fully saturated rings. The predicted molar refractivity (Wildman–Crippen MR) is 143 cm³/mol. The van der Waals surface area contributed by atoms with Crippen molar-refractivity contribution in [1.82, 2.24) is 10.3 Å². The smallest absolute Gasteiger partial charge is 0.248 e. The highest BCUT2D eigenvalue weighted by Gasteiger charge is 2.25. The van der Waals surface area contributed by atoms with Crippen molar-refractivity contribution in [2.75, 3.05) is 6.54 Å². The van der Waals surface area contributed by atoms with Crippen molar-refractivity contribution in [2.45, 2.75) is 57.3 Å². The Hall–Kier alpha value is -3.41. The molecule has 0 aliphatic heterocycles. The number of pyridine rings is 1. The van der Waals surface area contributed by atoms with Crippen LogP contribution in [0.25, 0.3) is 10.9 Å². The number of ether oxygens (including phenoxy) is 1. The van der Waals surface area contributed by atoms with Crippen LogP contribution in [0.15, 0.2) is 71.5 Å². The van der Waals surface area contributed by atoms with Gasteiger partial charge in [-0.15, -0.1) is 0 Å². The first-order chi connectivity index (χ1) is 17.6. The van der Waals surface area contributed by atoms with Gasteiger partial charge < -0.3 is 20.1 Å². The van der Waals surface area contributed by atoms with Crippen LogP contribution in [0.2, 0.25) is 0 Å². The number of H-pyrrole nitrogens is 1. The minimum atomic E-state index is -0.696. The molecule has 0 bridgehead atoms. The first-order valence-electron chi connectivity index (χ1n) is 13.0. The number of rotatable bonds is 7. The van der Waals surface area contributed by atoms with E-state index in [0.29, 0.717) is 30.5 Å². The molecule has 5 nitrogen and oxygen atoms in total. The Bertz CT molecular complexity index is 1410. The van der Waals surface area contributed by atoms with Crippen LogP contribution in [-0.4, -0.2) is 22.7 Å². The van der Waals surface area contributed by atoms with Gasteiger partial charge in [0.1, 0.15) is 12.4 Å². The molecule has 4 aromatic rings. The fourth-order valence-corrected chi connectivity index (χ4v) is 5.80. The van der Waals surface area contributed by atoms with E-state index >= 15 is 0 Å². The molecule has 3 aromatic carbocycles. The molecule has 1 atom stereocenters. The Balaban J connectivity index is 1.16. The molecule has 0 unspecified atom stereocenters. The predicted octanol–water partition coefficient (Wildman–Crippen LogP) is 4.78. The summed E-state index contributed by atoms with van der Waals surface area (Å²) in [6.45, 7) is 0.860. The highest BCUT2D eigenvalue weighted by atomic mass is 16.5. The minimum Gasteiger partial charge on any atom is -0.487 e. The summed E-state index contributed by atoms with van der Waals surface area (Å²) in [6, 6.07) is 22.2. The Labute approximate surface area is 211 Å². The highest BCUT2D eigenvalue weighted by Crippen LogP contribution is 2.32. The zero-order chi connectivity index (χ0) is 24.5. The van der Waals surface area contributed by atoms with Crippen molar-refractivity contribution in [3.05, 3.63) is 110 Å². The number of hydrogen-bond acceptors (Lipinski definition) is 4. The van der Waals surface area contributed by atoms with Crippen LogP contribution in [0.5, 0.6) is 5.75 Å². The number of hydrogen-bond donors (Lipinski definition) is 3. The van der Waals surface area contributed by atoms with E-state index in [-0.39, 0.29) is 5.56 Å². The summed E-state index contributed by atoms with van der Waals surface area (Å²) < 4.78 is 6.05. The highest BCUT2D eigenvalue weighted by molar-refractivity contribution is 5.87. The molecule has 2 aliphatic rings. The van der Waals surface area contributed by atoms with Gasteiger partial charge in [-0.25, -0.2) is 0 Å². The molecule has 0 spiro atoms. The maximum atomic E-state index is 12.1. The average Bonchev–Trinajstić information content (AvgIpc) is 3.31. The van der Waals surface area contributed by atoms with Crippen molar-refractivity contribution in [2.24, 2.45) is 0 Å². The monoisotopic (exact) mass is 480 g/mol. The Morgan fingerprint density at radius 2 is 1.64 bits per heavy atom. The molecule has 184 valence electrons. The van der Waals surface area contributed by atoms with E-state index in [9.17, 15) is 9.90 Å². The van der Waals surface area contributed by atoms with Crippen molar-refractivity contribution in [1.29, 1.82) is 0 Å². The molecule has 0 saturated heterocycles. The molecule has 36 heavy (non-hydrogen) atoms. The second-order valence-electron chi connectivity index (χ2n) is 10.2. The second kappa shape index (κ2) is 9.92. The molecule has 0 amide bonds. The zero-order valence-electron chi connectivity index (χ0n) is 20.4. The summed E-state index contributed by atoms with van der Waals surface area (Å²) in [4.78, 5) is 15.0. The summed E-state index contributed by atoms with van der Waals surface area (Å²) >= 11 is 0. The largest absolute Gasteiger partial charge is 0.487 e. The van der Waals surface area contributed by atoms with Crippen LogP contribution in [0.3, 0.4) is 0 Å². The van der Waals surface area contributed by atoms with Crippen molar-refractivity contribution < 1.29 is 9.84 Å². The van der Waals surface area contributed by atoms with E-state index in [1.165, 1.54) is 54.0 Å². The minimum absolute atomic E-state index is 0.191. The average molecular weight is 481 g/mol. The summed E-state index contributed by atoms with van der Waals surface area (Å²) in [5, 5.41) is 15.5. The Kier molecular flexibility index (Phi) is 6.34. The normalized spacial score (nSPS) is 16.0. The molecule has 2 aliphatic carbocycles. The molecule has 6 rings (SSSR count). The summed E-state index contributed by atoms with van der Waals surface area (Å²) in [5.74, 6) is 0.602. The number of aliphatic hydroxyl groups is 1. The van der Waals surface area contributed by atoms with Gasteiger partial charge in [0.25, 0.3) is 0 Å². The molecule has 1 aromatic heterocycles. The van der Waals surface area contributed by atoms with Gasteiger partial charge in [-0.1, -0.05) is 48.5 Å². The number of aromatic nitrogens is 1. The summed E-state index contributed by atoms with van der Waals surface area (Å²) in [5.41, 5.74) is 8.27. The van der Waals surface area contributed by atoms with Gasteiger partial charge >= 0.3 is 0 Å². The Morgan fingerprint density at radius 1 is 0.917 bits per heavy atom. The molecular weight excluding hydrogens is 448 g/mol. The molecule has 1 heterocycles. The lowest BCUT2D eigenvalue weighted by atomic mass is 9.89. The van der Waals surface area contributed by atoms with E-state index in [4.69, 9.17) is 4.74 Å². The maximum absolute atomic E-state index is 12.1. The number of aryl methyl sites for hydroxylation is 2. The van der Waals surface area contributed by atoms with Gasteiger partial charge in [-0.2, -0.15) is 0 Å². The van der Waals surface area contributed by atoms with Crippen molar-refractivity contribution in [3.63, 3.8) is 0 Å². The third-order valence-corrected chi connectivity index (χ3v) is 7.68. The van der Waals surface area contributed by atoms with Crippen LogP contribution in [0, 0.1) is 0 Å². The van der Waals surface area contributed by atoms with Gasteiger partial charge in [0.2, 0.25) is 5.56 Å². The second-order valence-corrected chi connectivity index (χ2v) is 10.2. The van der Waals surface area contributed by atoms with Crippen LogP contribution < -0.4 is 15.6 Å². The van der Waals surface area contributed by atoms with Crippen LogP contribution >= 0.6 is 0 Å². The molecule has 0 saturated carbocycles. The SMILES string of the molecule is O=c1ccc2c([C@H](O)CNC3Cc4cc5c(cc4C3)CCCC5)ccc(OCc3ccccc3)c2[nH]1. The van der Waals surface area contributed by atoms with E-state index in [1.54, 1.807) is 6.07 Å². The van der Waals surface area contributed by atoms with Crippen LogP contribution in [0.4, 0.5) is 0 Å².